The number of carbonyl (C=O) groups is 2. The van der Waals surface area contributed by atoms with Crippen molar-refractivity contribution in [3.05, 3.63) is 45.3 Å². The molecule has 1 aliphatic carbocycles. The normalized spacial score (nSPS) is 13.0. The fraction of sp³-hybridized carbons (Fsp3) is 0.333. The number of thioether (sulfide) groups is 1. The second-order valence-electron chi connectivity index (χ2n) is 6.83. The monoisotopic (exact) mass is 477 g/mol. The van der Waals surface area contributed by atoms with Crippen molar-refractivity contribution in [3.8, 4) is 11.5 Å². The number of anilines is 1. The lowest BCUT2D eigenvalue weighted by molar-refractivity contribution is -0.113. The second-order valence-corrected chi connectivity index (χ2v) is 9.26. The highest BCUT2D eigenvalue weighted by Gasteiger charge is 2.27. The molecule has 31 heavy (non-hydrogen) atoms. The molecule has 4 rings (SSSR count). The van der Waals surface area contributed by atoms with Gasteiger partial charge in [-0.3, -0.25) is 4.79 Å². The number of aromatic nitrogens is 2. The van der Waals surface area contributed by atoms with Crippen molar-refractivity contribution in [2.24, 2.45) is 0 Å². The van der Waals surface area contributed by atoms with E-state index in [4.69, 9.17) is 20.8 Å². The fourth-order valence-electron chi connectivity index (χ4n) is 3.37. The maximum atomic E-state index is 12.6. The molecule has 1 N–H and O–H groups in total. The third-order valence-corrected chi connectivity index (χ3v) is 7.10. The molecular weight excluding hydrogens is 458 g/mol. The molecule has 0 radical (unpaired) electrons. The molecule has 0 unspecified atom stereocenters. The van der Waals surface area contributed by atoms with Gasteiger partial charge in [-0.05, 0) is 50.3 Å². The second kappa shape index (κ2) is 9.84. The van der Waals surface area contributed by atoms with Crippen LogP contribution in [0.2, 0.25) is 5.02 Å². The number of fused-ring (bicyclic) bond motifs is 1. The first-order valence-electron chi connectivity index (χ1n) is 9.89. The van der Waals surface area contributed by atoms with Crippen LogP contribution in [0.4, 0.5) is 5.00 Å². The number of hydrogen-bond donors (Lipinski definition) is 1. The van der Waals surface area contributed by atoms with Crippen molar-refractivity contribution in [2.75, 3.05) is 17.7 Å². The van der Waals surface area contributed by atoms with Crippen molar-refractivity contribution >= 4 is 51.6 Å². The summed E-state index contributed by atoms with van der Waals surface area (Å²) in [7, 11) is 0. The van der Waals surface area contributed by atoms with Crippen molar-refractivity contribution in [3.63, 3.8) is 0 Å². The number of nitrogens with one attached hydrogen (secondary N) is 1. The summed E-state index contributed by atoms with van der Waals surface area (Å²) in [4.78, 5) is 26.2. The van der Waals surface area contributed by atoms with E-state index in [2.05, 4.69) is 15.5 Å². The van der Waals surface area contributed by atoms with Crippen LogP contribution in [0.25, 0.3) is 11.5 Å². The smallest absolute Gasteiger partial charge is 0.341 e. The SMILES string of the molecule is CCOC(=O)c1c(NC(=O)CSc2nnc(-c3ccccc3Cl)o2)sc2c1CCCC2. The summed E-state index contributed by atoms with van der Waals surface area (Å²) in [5, 5.41) is 12.2. The van der Waals surface area contributed by atoms with Crippen molar-refractivity contribution < 1.29 is 18.7 Å². The number of carbonyl (C=O) groups excluding carboxylic acids is 2. The number of thiophene rings is 1. The average Bonchev–Trinajstić information content (AvgIpc) is 3.37. The van der Waals surface area contributed by atoms with Crippen molar-refractivity contribution in [1.82, 2.24) is 10.2 Å². The maximum absolute atomic E-state index is 12.6. The number of hydrogen-bond acceptors (Lipinski definition) is 8. The highest BCUT2D eigenvalue weighted by molar-refractivity contribution is 7.99. The number of ether oxygens (including phenoxy) is 1. The zero-order valence-electron chi connectivity index (χ0n) is 16.8. The Labute approximate surface area is 192 Å². The van der Waals surface area contributed by atoms with Crippen LogP contribution in [-0.4, -0.2) is 34.4 Å². The molecule has 2 heterocycles. The predicted octanol–water partition coefficient (Wildman–Crippen LogP) is 5.24. The summed E-state index contributed by atoms with van der Waals surface area (Å²) < 4.78 is 10.8. The Morgan fingerprint density at radius 3 is 2.87 bits per heavy atom. The highest BCUT2D eigenvalue weighted by atomic mass is 35.5. The molecule has 0 bridgehead atoms. The largest absolute Gasteiger partial charge is 0.462 e. The molecule has 1 aliphatic rings. The minimum Gasteiger partial charge on any atom is -0.462 e. The Kier molecular flexibility index (Phi) is 6.94. The van der Waals surface area contributed by atoms with Gasteiger partial charge in [0, 0.05) is 4.88 Å². The predicted molar refractivity (Wildman–Crippen MR) is 121 cm³/mol. The van der Waals surface area contributed by atoms with Crippen molar-refractivity contribution in [1.29, 1.82) is 0 Å². The number of rotatable bonds is 7. The highest BCUT2D eigenvalue weighted by Crippen LogP contribution is 2.38. The molecule has 0 spiro atoms. The number of halogens is 1. The van der Waals surface area contributed by atoms with E-state index in [1.165, 1.54) is 11.3 Å². The molecule has 7 nitrogen and oxygen atoms in total. The van der Waals surface area contributed by atoms with Gasteiger partial charge in [0.15, 0.2) is 0 Å². The Morgan fingerprint density at radius 2 is 2.06 bits per heavy atom. The zero-order chi connectivity index (χ0) is 21.8. The minimum atomic E-state index is -0.383. The lowest BCUT2D eigenvalue weighted by Gasteiger charge is -2.12. The first kappa shape index (κ1) is 21.9. The summed E-state index contributed by atoms with van der Waals surface area (Å²) >= 11 is 8.74. The number of aryl methyl sites for hydroxylation is 1. The molecule has 1 aromatic carbocycles. The minimum absolute atomic E-state index is 0.0645. The molecule has 0 fully saturated rings. The van der Waals surface area contributed by atoms with E-state index in [0.29, 0.717) is 27.0 Å². The quantitative estimate of drug-likeness (QED) is 0.367. The van der Waals surface area contributed by atoms with Crippen LogP contribution in [0.3, 0.4) is 0 Å². The van der Waals surface area contributed by atoms with Gasteiger partial charge in [0.1, 0.15) is 5.00 Å². The van der Waals surface area contributed by atoms with Crippen LogP contribution in [0.15, 0.2) is 33.9 Å². The van der Waals surface area contributed by atoms with Crippen LogP contribution in [0.5, 0.6) is 0 Å². The fourth-order valence-corrected chi connectivity index (χ4v) is 5.45. The van der Waals surface area contributed by atoms with Crippen molar-refractivity contribution in [2.45, 2.75) is 37.8 Å². The van der Waals surface area contributed by atoms with E-state index in [1.807, 2.05) is 12.1 Å². The number of esters is 1. The van der Waals surface area contributed by atoms with Crippen LogP contribution in [0.1, 0.15) is 40.6 Å². The lowest BCUT2D eigenvalue weighted by Crippen LogP contribution is -2.17. The molecule has 2 aromatic heterocycles. The first-order chi connectivity index (χ1) is 15.1. The Morgan fingerprint density at radius 1 is 1.26 bits per heavy atom. The van der Waals surface area contributed by atoms with Gasteiger partial charge in [-0.2, -0.15) is 0 Å². The molecule has 0 saturated carbocycles. The summed E-state index contributed by atoms with van der Waals surface area (Å²) in [5.74, 6) is -0.281. The third kappa shape index (κ3) is 4.94. The van der Waals surface area contributed by atoms with E-state index in [1.54, 1.807) is 19.1 Å². The summed E-state index contributed by atoms with van der Waals surface area (Å²) in [5.41, 5.74) is 2.15. The zero-order valence-corrected chi connectivity index (χ0v) is 19.2. The molecule has 0 aliphatic heterocycles. The van der Waals surface area contributed by atoms with Gasteiger partial charge in [0.2, 0.25) is 11.8 Å². The Balaban J connectivity index is 1.43. The van der Waals surface area contributed by atoms with Gasteiger partial charge >= 0.3 is 5.97 Å². The number of nitrogens with zero attached hydrogens (tertiary/aromatic N) is 2. The van der Waals surface area contributed by atoms with E-state index >= 15 is 0 Å². The van der Waals surface area contributed by atoms with E-state index < -0.39 is 0 Å². The molecule has 0 saturated heterocycles. The molecule has 1 amide bonds. The van der Waals surface area contributed by atoms with Gasteiger partial charge in [-0.15, -0.1) is 21.5 Å². The Hall–Kier alpha value is -2.36. The molecular formula is C21H20ClN3O4S2. The summed E-state index contributed by atoms with van der Waals surface area (Å²) in [6, 6.07) is 7.16. The van der Waals surface area contributed by atoms with Crippen LogP contribution < -0.4 is 5.32 Å². The van der Waals surface area contributed by atoms with Gasteiger partial charge < -0.3 is 14.5 Å². The topological polar surface area (TPSA) is 94.3 Å². The molecule has 162 valence electrons. The van der Waals surface area contributed by atoms with E-state index in [-0.39, 0.29) is 29.5 Å². The average molecular weight is 478 g/mol. The Bertz CT molecular complexity index is 1110. The van der Waals surface area contributed by atoms with E-state index in [0.717, 1.165) is 47.9 Å². The number of benzene rings is 1. The van der Waals surface area contributed by atoms with Crippen LogP contribution in [0, 0.1) is 0 Å². The molecule has 0 atom stereocenters. The standard InChI is InChI=1S/C21H20ClN3O4S2/c1-2-28-20(27)17-13-8-4-6-10-15(13)31-19(17)23-16(26)11-30-21-25-24-18(29-21)12-7-3-5-9-14(12)22/h3,5,7,9H,2,4,6,8,10-11H2,1H3,(H,23,26). The lowest BCUT2D eigenvalue weighted by atomic mass is 9.95. The third-order valence-electron chi connectivity index (χ3n) is 4.74. The summed E-state index contributed by atoms with van der Waals surface area (Å²) in [6.45, 7) is 2.06. The van der Waals surface area contributed by atoms with Gasteiger partial charge in [-0.25, -0.2) is 4.79 Å². The number of amides is 1. The molecule has 3 aromatic rings. The summed E-state index contributed by atoms with van der Waals surface area (Å²) in [6.07, 6.45) is 3.87. The van der Waals surface area contributed by atoms with Crippen LogP contribution in [-0.2, 0) is 22.4 Å². The maximum Gasteiger partial charge on any atom is 0.341 e. The first-order valence-corrected chi connectivity index (χ1v) is 12.1. The van der Waals surface area contributed by atoms with Gasteiger partial charge in [-0.1, -0.05) is 35.5 Å². The van der Waals surface area contributed by atoms with Gasteiger partial charge in [0.05, 0.1) is 28.5 Å². The van der Waals surface area contributed by atoms with E-state index in [9.17, 15) is 9.59 Å². The van der Waals surface area contributed by atoms with Crippen LogP contribution >= 0.6 is 34.7 Å². The van der Waals surface area contributed by atoms with Gasteiger partial charge in [0.25, 0.3) is 5.22 Å². The molecule has 10 heteroatoms.